The van der Waals surface area contributed by atoms with Gasteiger partial charge < -0.3 is 5.32 Å². The number of nitrogens with zero attached hydrogens (tertiary/aromatic N) is 3. The lowest BCUT2D eigenvalue weighted by Crippen LogP contribution is -2.53. The van der Waals surface area contributed by atoms with E-state index in [0.717, 1.165) is 36.3 Å². The molecule has 0 unspecified atom stereocenters. The lowest BCUT2D eigenvalue weighted by atomic mass is 9.63. The zero-order chi connectivity index (χ0) is 22.9. The van der Waals surface area contributed by atoms with E-state index in [-0.39, 0.29) is 35.5 Å². The van der Waals surface area contributed by atoms with Crippen LogP contribution >= 0.6 is 11.3 Å². The number of allylic oxidation sites excluding steroid dienone is 2. The van der Waals surface area contributed by atoms with Crippen molar-refractivity contribution in [3.05, 3.63) is 53.1 Å². The first-order valence-corrected chi connectivity index (χ1v) is 12.4. The fraction of sp³-hybridized carbons (Fsp3) is 0.458. The Balaban J connectivity index is 1.37. The van der Waals surface area contributed by atoms with Crippen molar-refractivity contribution in [2.45, 2.75) is 45.2 Å². The second-order valence-electron chi connectivity index (χ2n) is 8.94. The van der Waals surface area contributed by atoms with Crippen molar-refractivity contribution in [2.24, 2.45) is 23.7 Å². The third kappa shape index (κ3) is 4.17. The highest BCUT2D eigenvalue weighted by molar-refractivity contribution is 7.15. The Morgan fingerprint density at radius 1 is 1.09 bits per heavy atom. The summed E-state index contributed by atoms with van der Waals surface area (Å²) in [5, 5.41) is 14.9. The zero-order valence-corrected chi connectivity index (χ0v) is 19.3. The maximum Gasteiger partial charge on any atom is 0.322 e. The van der Waals surface area contributed by atoms with Gasteiger partial charge in [-0.1, -0.05) is 60.7 Å². The number of hydrogen-bond donors (Lipinski definition) is 2. The number of nitrogens with one attached hydrogen (secondary N) is 2. The van der Waals surface area contributed by atoms with E-state index in [1.165, 1.54) is 16.2 Å². The molecule has 9 heteroatoms. The Morgan fingerprint density at radius 3 is 2.36 bits per heavy atom. The third-order valence-electron chi connectivity index (χ3n) is 6.83. The Kier molecular flexibility index (Phi) is 5.97. The van der Waals surface area contributed by atoms with Crippen LogP contribution in [0.2, 0.25) is 0 Å². The van der Waals surface area contributed by atoms with Crippen LogP contribution in [0.4, 0.5) is 9.93 Å². The highest BCUT2D eigenvalue weighted by Gasteiger charge is 2.58. The van der Waals surface area contributed by atoms with Gasteiger partial charge in [0.1, 0.15) is 11.2 Å². The summed E-state index contributed by atoms with van der Waals surface area (Å²) in [6.45, 7) is 2.05. The summed E-state index contributed by atoms with van der Waals surface area (Å²) in [6, 6.07) is 9.06. The molecule has 33 heavy (non-hydrogen) atoms. The first kappa shape index (κ1) is 21.8. The number of likely N-dealkylation sites (tertiary alicyclic amines) is 1. The SMILES string of the molecule is CCCc1nnc(NC(=O)N[C@H](Cc2ccccc2)N2C(=O)[C@@H]3[C@@H](C2=O)[C@H]2C=C[C@H]3CC2)s1. The molecule has 1 saturated heterocycles. The van der Waals surface area contributed by atoms with Crippen molar-refractivity contribution in [3.8, 4) is 0 Å². The molecule has 1 aromatic heterocycles. The van der Waals surface area contributed by atoms with Crippen molar-refractivity contribution in [1.29, 1.82) is 0 Å². The second-order valence-corrected chi connectivity index (χ2v) is 10.0. The van der Waals surface area contributed by atoms with Crippen LogP contribution in [0.25, 0.3) is 0 Å². The number of rotatable bonds is 7. The quantitative estimate of drug-likeness (QED) is 0.482. The largest absolute Gasteiger partial charge is 0.322 e. The number of aryl methyl sites for hydroxylation is 1. The van der Waals surface area contributed by atoms with E-state index in [2.05, 4.69) is 39.9 Å². The van der Waals surface area contributed by atoms with Gasteiger partial charge in [0.2, 0.25) is 16.9 Å². The maximum atomic E-state index is 13.5. The van der Waals surface area contributed by atoms with Crippen LogP contribution in [0.3, 0.4) is 0 Å². The maximum absolute atomic E-state index is 13.5. The van der Waals surface area contributed by atoms with Gasteiger partial charge in [-0.05, 0) is 36.7 Å². The van der Waals surface area contributed by atoms with E-state index in [1.807, 2.05) is 30.3 Å². The number of carbonyl (C=O) groups excluding carboxylic acids is 3. The van der Waals surface area contributed by atoms with E-state index in [1.54, 1.807) is 0 Å². The summed E-state index contributed by atoms with van der Waals surface area (Å²) in [6.07, 6.45) is 7.37. The van der Waals surface area contributed by atoms with Crippen LogP contribution in [0.15, 0.2) is 42.5 Å². The Morgan fingerprint density at radius 2 is 1.76 bits per heavy atom. The molecule has 3 aliphatic carbocycles. The molecule has 172 valence electrons. The molecule has 1 saturated carbocycles. The highest BCUT2D eigenvalue weighted by Crippen LogP contribution is 2.50. The van der Waals surface area contributed by atoms with Crippen molar-refractivity contribution in [3.63, 3.8) is 0 Å². The van der Waals surface area contributed by atoms with Gasteiger partial charge in [0, 0.05) is 12.8 Å². The highest BCUT2D eigenvalue weighted by atomic mass is 32.1. The van der Waals surface area contributed by atoms with Crippen molar-refractivity contribution < 1.29 is 14.4 Å². The number of urea groups is 1. The first-order valence-electron chi connectivity index (χ1n) is 11.5. The third-order valence-corrected chi connectivity index (χ3v) is 7.72. The predicted molar refractivity (Wildman–Crippen MR) is 124 cm³/mol. The lowest BCUT2D eigenvalue weighted by Gasteiger charge is -2.38. The van der Waals surface area contributed by atoms with Crippen LogP contribution in [-0.4, -0.2) is 39.1 Å². The van der Waals surface area contributed by atoms with E-state index in [0.29, 0.717) is 11.6 Å². The molecule has 5 atom stereocenters. The fourth-order valence-electron chi connectivity index (χ4n) is 5.35. The summed E-state index contributed by atoms with van der Waals surface area (Å²) in [5.74, 6) is -0.775. The predicted octanol–water partition coefficient (Wildman–Crippen LogP) is 3.38. The summed E-state index contributed by atoms with van der Waals surface area (Å²) < 4.78 is 0. The second kappa shape index (κ2) is 9.05. The van der Waals surface area contributed by atoms with Gasteiger partial charge in [0.15, 0.2) is 0 Å². The van der Waals surface area contributed by atoms with Crippen LogP contribution in [-0.2, 0) is 22.4 Å². The molecule has 2 fully saturated rings. The Hall–Kier alpha value is -3.07. The molecule has 2 aromatic rings. The van der Waals surface area contributed by atoms with E-state index < -0.39 is 12.2 Å². The van der Waals surface area contributed by atoms with Gasteiger partial charge in [0.05, 0.1) is 11.8 Å². The van der Waals surface area contributed by atoms with Crippen molar-refractivity contribution in [2.75, 3.05) is 5.32 Å². The zero-order valence-electron chi connectivity index (χ0n) is 18.4. The number of anilines is 1. The molecular formula is C24H27N5O3S. The summed E-state index contributed by atoms with van der Waals surface area (Å²) >= 11 is 1.33. The summed E-state index contributed by atoms with van der Waals surface area (Å²) in [5.41, 5.74) is 0.931. The molecule has 4 aliphatic rings. The molecule has 2 heterocycles. The van der Waals surface area contributed by atoms with E-state index in [9.17, 15) is 14.4 Å². The lowest BCUT2D eigenvalue weighted by molar-refractivity contribution is -0.143. The molecule has 6 rings (SSSR count). The molecule has 2 bridgehead atoms. The van der Waals surface area contributed by atoms with Crippen molar-refractivity contribution in [1.82, 2.24) is 20.4 Å². The minimum atomic E-state index is -0.777. The standard InChI is InChI=1S/C24H27N5O3S/c1-2-6-18-27-28-24(33-18)26-23(32)25-17(13-14-7-4-3-5-8-14)29-21(30)19-15-9-10-16(12-11-15)20(19)22(29)31/h3-5,7-10,15-17,19-20H,2,6,11-13H2,1H3,(H2,25,26,28,32)/t15-,16-,17-,19-,20-/m0/s1. The van der Waals surface area contributed by atoms with Gasteiger partial charge in [-0.15, -0.1) is 10.2 Å². The minimum absolute atomic E-state index is 0.103. The van der Waals surface area contributed by atoms with Gasteiger partial charge >= 0.3 is 6.03 Å². The van der Waals surface area contributed by atoms with E-state index in [4.69, 9.17) is 0 Å². The number of amides is 4. The van der Waals surface area contributed by atoms with Crippen LogP contribution in [0.1, 0.15) is 36.8 Å². The number of hydrogen-bond acceptors (Lipinski definition) is 6. The topological polar surface area (TPSA) is 104 Å². The average molecular weight is 466 g/mol. The monoisotopic (exact) mass is 465 g/mol. The van der Waals surface area contributed by atoms with E-state index >= 15 is 0 Å². The molecule has 4 amide bonds. The smallest absolute Gasteiger partial charge is 0.317 e. The molecule has 1 aliphatic heterocycles. The molecule has 2 N–H and O–H groups in total. The number of aromatic nitrogens is 2. The Labute approximate surface area is 196 Å². The van der Waals surface area contributed by atoms with Gasteiger partial charge in [0.25, 0.3) is 0 Å². The average Bonchev–Trinajstić information content (AvgIpc) is 3.37. The van der Waals surface area contributed by atoms with Crippen LogP contribution in [0.5, 0.6) is 0 Å². The number of carbonyl (C=O) groups is 3. The molecule has 1 aromatic carbocycles. The molecule has 0 spiro atoms. The number of benzene rings is 1. The number of imide groups is 1. The Bertz CT molecular complexity index is 1050. The van der Waals surface area contributed by atoms with Gasteiger partial charge in [-0.25, -0.2) is 4.79 Å². The minimum Gasteiger partial charge on any atom is -0.317 e. The van der Waals surface area contributed by atoms with Crippen LogP contribution < -0.4 is 10.6 Å². The normalized spacial score (nSPS) is 26.4. The molecule has 0 radical (unpaired) electrons. The molecule has 8 nitrogen and oxygen atoms in total. The van der Waals surface area contributed by atoms with Crippen LogP contribution in [0, 0.1) is 23.7 Å². The van der Waals surface area contributed by atoms with Gasteiger partial charge in [-0.2, -0.15) is 0 Å². The number of fused-ring (bicyclic) bond motifs is 1. The first-order chi connectivity index (χ1) is 16.0. The van der Waals surface area contributed by atoms with Crippen molar-refractivity contribution >= 4 is 34.3 Å². The fourth-order valence-corrected chi connectivity index (χ4v) is 6.19. The van der Waals surface area contributed by atoms with Gasteiger partial charge in [-0.3, -0.25) is 19.8 Å². The summed E-state index contributed by atoms with van der Waals surface area (Å²) in [4.78, 5) is 41.1. The summed E-state index contributed by atoms with van der Waals surface area (Å²) in [7, 11) is 0. The molecular weight excluding hydrogens is 438 g/mol.